The second kappa shape index (κ2) is 7.21. The van der Waals surface area contributed by atoms with E-state index >= 15 is 0 Å². The maximum atomic E-state index is 13.1. The number of anilines is 1. The van der Waals surface area contributed by atoms with Gasteiger partial charge in [0.25, 0.3) is 5.91 Å². The van der Waals surface area contributed by atoms with Crippen molar-refractivity contribution in [3.63, 3.8) is 0 Å². The first kappa shape index (κ1) is 17.2. The minimum Gasteiger partial charge on any atom is -0.286 e. The van der Waals surface area contributed by atoms with E-state index in [4.69, 9.17) is 16.7 Å². The first-order valence-electron chi connectivity index (χ1n) is 8.69. The molecule has 0 radical (unpaired) electrons. The molecule has 1 amide bonds. The van der Waals surface area contributed by atoms with E-state index in [9.17, 15) is 4.79 Å². The number of halogens is 1. The number of carbonyl (C=O) groups excluding carboxylic acids is 1. The summed E-state index contributed by atoms with van der Waals surface area (Å²) in [5.74, 6) is -0.106. The van der Waals surface area contributed by atoms with E-state index < -0.39 is 0 Å². The molecule has 0 fully saturated rings. The van der Waals surface area contributed by atoms with Crippen LogP contribution in [0.2, 0.25) is 5.02 Å². The lowest BCUT2D eigenvalue weighted by molar-refractivity contribution is 0.0987. The number of amides is 1. The second-order valence-electron chi connectivity index (χ2n) is 6.40. The Balaban J connectivity index is 1.79. The third-order valence-corrected chi connectivity index (χ3v) is 5.81. The van der Waals surface area contributed by atoms with Crippen molar-refractivity contribution in [1.82, 2.24) is 14.8 Å². The van der Waals surface area contributed by atoms with Crippen LogP contribution >= 0.6 is 22.9 Å². The number of hydrogen-bond donors (Lipinski definition) is 0. The summed E-state index contributed by atoms with van der Waals surface area (Å²) in [5, 5.41) is 7.96. The average Bonchev–Trinajstić information content (AvgIpc) is 3.24. The molecule has 7 heteroatoms. The van der Waals surface area contributed by atoms with Crippen LogP contribution in [0.25, 0.3) is 5.69 Å². The van der Waals surface area contributed by atoms with Gasteiger partial charge in [0.05, 0.1) is 5.69 Å². The van der Waals surface area contributed by atoms with Crippen LogP contribution in [0.4, 0.5) is 5.13 Å². The smallest absolute Gasteiger partial charge is 0.280 e. The summed E-state index contributed by atoms with van der Waals surface area (Å²) in [6.07, 6.45) is 6.89. The van der Waals surface area contributed by atoms with Crippen molar-refractivity contribution in [3.05, 3.63) is 57.8 Å². The fourth-order valence-corrected chi connectivity index (χ4v) is 4.10. The van der Waals surface area contributed by atoms with Gasteiger partial charge >= 0.3 is 0 Å². The van der Waals surface area contributed by atoms with Crippen molar-refractivity contribution >= 4 is 34.0 Å². The van der Waals surface area contributed by atoms with Crippen LogP contribution in [-0.4, -0.2) is 27.7 Å². The zero-order valence-electron chi connectivity index (χ0n) is 14.5. The van der Waals surface area contributed by atoms with Gasteiger partial charge < -0.3 is 0 Å². The molecule has 1 aliphatic rings. The van der Waals surface area contributed by atoms with Crippen LogP contribution in [0.1, 0.15) is 41.0 Å². The number of benzene rings is 1. The molecule has 26 heavy (non-hydrogen) atoms. The largest absolute Gasteiger partial charge is 0.286 e. The predicted molar refractivity (Wildman–Crippen MR) is 105 cm³/mol. The molecule has 3 aromatic rings. The Labute approximate surface area is 161 Å². The molecule has 0 saturated heterocycles. The zero-order valence-corrected chi connectivity index (χ0v) is 16.1. The van der Waals surface area contributed by atoms with Crippen molar-refractivity contribution in [2.75, 3.05) is 11.9 Å². The Kier molecular flexibility index (Phi) is 4.78. The number of fused-ring (bicyclic) bond motifs is 1. The summed E-state index contributed by atoms with van der Waals surface area (Å²) in [4.78, 5) is 19.0. The van der Waals surface area contributed by atoms with Crippen molar-refractivity contribution in [3.8, 4) is 5.69 Å². The van der Waals surface area contributed by atoms with Crippen LogP contribution in [-0.2, 0) is 12.8 Å². The summed E-state index contributed by atoms with van der Waals surface area (Å²) >= 11 is 7.47. The van der Waals surface area contributed by atoms with Gasteiger partial charge in [0.2, 0.25) is 0 Å². The summed E-state index contributed by atoms with van der Waals surface area (Å²) in [7, 11) is 1.76. The van der Waals surface area contributed by atoms with Gasteiger partial charge in [-0.3, -0.25) is 9.69 Å². The van der Waals surface area contributed by atoms with Crippen molar-refractivity contribution < 1.29 is 4.79 Å². The van der Waals surface area contributed by atoms with E-state index in [1.165, 1.54) is 17.8 Å². The van der Waals surface area contributed by atoms with Gasteiger partial charge in [0.15, 0.2) is 10.8 Å². The highest BCUT2D eigenvalue weighted by Crippen LogP contribution is 2.28. The molecule has 1 aromatic carbocycles. The minimum atomic E-state index is -0.106. The fraction of sp³-hybridized carbons (Fsp3) is 0.316. The van der Waals surface area contributed by atoms with E-state index in [1.54, 1.807) is 18.1 Å². The van der Waals surface area contributed by atoms with Crippen LogP contribution < -0.4 is 4.90 Å². The third-order valence-electron chi connectivity index (χ3n) is 4.71. The quantitative estimate of drug-likeness (QED) is 0.621. The van der Waals surface area contributed by atoms with Gasteiger partial charge in [0.1, 0.15) is 0 Å². The van der Waals surface area contributed by atoms with Crippen LogP contribution in [0.15, 0.2) is 35.8 Å². The maximum Gasteiger partial charge on any atom is 0.280 e. The van der Waals surface area contributed by atoms with Crippen LogP contribution in [0.3, 0.4) is 0 Å². The molecule has 0 aliphatic heterocycles. The van der Waals surface area contributed by atoms with Gasteiger partial charge in [-0.15, -0.1) is 11.3 Å². The highest BCUT2D eigenvalue weighted by molar-refractivity contribution is 7.13. The van der Waals surface area contributed by atoms with E-state index in [0.717, 1.165) is 42.6 Å². The molecule has 0 spiro atoms. The van der Waals surface area contributed by atoms with Gasteiger partial charge in [-0.2, -0.15) is 5.10 Å². The number of hydrogen-bond acceptors (Lipinski definition) is 4. The Bertz CT molecular complexity index is 918. The lowest BCUT2D eigenvalue weighted by Gasteiger charge is -2.13. The summed E-state index contributed by atoms with van der Waals surface area (Å²) in [6, 6.07) is 7.59. The molecular formula is C19H19ClN4OS. The van der Waals surface area contributed by atoms with Gasteiger partial charge in [0, 0.05) is 34.9 Å². The molecule has 0 N–H and O–H groups in total. The SMILES string of the molecule is CN(C(=O)c1nn(-c2ccc(Cl)cc2)c2c1CCCCC2)c1nccs1. The second-order valence-corrected chi connectivity index (χ2v) is 7.71. The molecule has 0 bridgehead atoms. The van der Waals surface area contributed by atoms with Crippen molar-refractivity contribution in [2.24, 2.45) is 0 Å². The van der Waals surface area contributed by atoms with Crippen molar-refractivity contribution in [2.45, 2.75) is 32.1 Å². The number of rotatable bonds is 3. The predicted octanol–water partition coefficient (Wildman–Crippen LogP) is 4.53. The molecule has 0 unspecified atom stereocenters. The van der Waals surface area contributed by atoms with E-state index in [1.807, 2.05) is 34.3 Å². The topological polar surface area (TPSA) is 51.0 Å². The number of aromatic nitrogens is 3. The molecular weight excluding hydrogens is 368 g/mol. The molecule has 0 atom stereocenters. The molecule has 2 aromatic heterocycles. The fourth-order valence-electron chi connectivity index (χ4n) is 3.37. The highest BCUT2D eigenvalue weighted by atomic mass is 35.5. The van der Waals surface area contributed by atoms with Gasteiger partial charge in [-0.1, -0.05) is 18.0 Å². The molecule has 2 heterocycles. The summed E-state index contributed by atoms with van der Waals surface area (Å²) in [6.45, 7) is 0. The van der Waals surface area contributed by atoms with Crippen LogP contribution in [0, 0.1) is 0 Å². The lowest BCUT2D eigenvalue weighted by atomic mass is 10.1. The summed E-state index contributed by atoms with van der Waals surface area (Å²) < 4.78 is 1.92. The lowest BCUT2D eigenvalue weighted by Crippen LogP contribution is -2.27. The number of carbonyl (C=O) groups is 1. The Morgan fingerprint density at radius 2 is 1.96 bits per heavy atom. The number of thiazole rings is 1. The Hall–Kier alpha value is -2.18. The average molecular weight is 387 g/mol. The summed E-state index contributed by atoms with van der Waals surface area (Å²) in [5.41, 5.74) is 3.68. The third kappa shape index (κ3) is 3.15. The normalized spacial score (nSPS) is 13.9. The van der Waals surface area contributed by atoms with E-state index in [2.05, 4.69) is 4.98 Å². The van der Waals surface area contributed by atoms with Gasteiger partial charge in [-0.05, 0) is 49.9 Å². The molecule has 5 nitrogen and oxygen atoms in total. The minimum absolute atomic E-state index is 0.106. The Morgan fingerprint density at radius 3 is 2.69 bits per heavy atom. The molecule has 4 rings (SSSR count). The highest BCUT2D eigenvalue weighted by Gasteiger charge is 2.27. The first-order valence-corrected chi connectivity index (χ1v) is 9.95. The van der Waals surface area contributed by atoms with E-state index in [-0.39, 0.29) is 5.91 Å². The zero-order chi connectivity index (χ0) is 18.1. The molecule has 1 aliphatic carbocycles. The Morgan fingerprint density at radius 1 is 1.19 bits per heavy atom. The van der Waals surface area contributed by atoms with Gasteiger partial charge in [-0.25, -0.2) is 9.67 Å². The molecule has 0 saturated carbocycles. The molecule has 134 valence electrons. The maximum absolute atomic E-state index is 13.1. The standard InChI is InChI=1S/C19H19ClN4OS/c1-23(19-21-11-12-26-19)18(25)17-15-5-3-2-4-6-16(15)24(22-17)14-9-7-13(20)8-10-14/h7-12H,2-6H2,1H3. The van der Waals surface area contributed by atoms with E-state index in [0.29, 0.717) is 15.8 Å². The van der Waals surface area contributed by atoms with Crippen LogP contribution in [0.5, 0.6) is 0 Å². The number of nitrogens with zero attached hydrogens (tertiary/aromatic N) is 4. The monoisotopic (exact) mass is 386 g/mol. The van der Waals surface area contributed by atoms with Crippen molar-refractivity contribution in [1.29, 1.82) is 0 Å². The first-order chi connectivity index (χ1) is 12.6.